The Labute approximate surface area is 193 Å². The Hall–Kier alpha value is -3.17. The average molecular weight is 625 g/mol. The van der Waals surface area contributed by atoms with Crippen LogP contribution in [0.15, 0.2) is 60.9 Å². The summed E-state index contributed by atoms with van der Waals surface area (Å²) in [7, 11) is 1.50. The number of hydrogen-bond acceptors (Lipinski definition) is 4. The molecule has 1 aromatic carbocycles. The molecule has 3 heterocycles. The molecule has 4 rings (SSSR count). The van der Waals surface area contributed by atoms with E-state index in [9.17, 15) is 22.0 Å². The van der Waals surface area contributed by atoms with Crippen LogP contribution in [0.25, 0.3) is 22.6 Å². The number of pyridine rings is 2. The first-order chi connectivity index (χ1) is 14.8. The summed E-state index contributed by atoms with van der Waals surface area (Å²) in [5, 5.41) is 6.47. The van der Waals surface area contributed by atoms with Gasteiger partial charge >= 0.3 is 6.18 Å². The molecular formula is C21H13F5IrN4O-2. The second kappa shape index (κ2) is 10.9. The minimum Gasteiger partial charge on any atom is -0.573 e. The summed E-state index contributed by atoms with van der Waals surface area (Å²) in [4.78, 5) is 7.85. The molecule has 3 aromatic heterocycles. The van der Waals surface area contributed by atoms with Crippen molar-refractivity contribution in [2.75, 3.05) is 7.11 Å². The van der Waals surface area contributed by atoms with E-state index in [1.165, 1.54) is 19.5 Å². The molecular weight excluding hydrogens is 611 g/mol. The number of ether oxygens (including phenoxy) is 1. The molecule has 0 aliphatic heterocycles. The molecule has 0 saturated carbocycles. The van der Waals surface area contributed by atoms with Crippen molar-refractivity contribution >= 4 is 0 Å². The zero-order valence-electron chi connectivity index (χ0n) is 16.2. The smallest absolute Gasteiger partial charge is 0.431 e. The number of alkyl halides is 3. The zero-order valence-corrected chi connectivity index (χ0v) is 18.6. The monoisotopic (exact) mass is 625 g/mol. The van der Waals surface area contributed by atoms with Crippen LogP contribution >= 0.6 is 0 Å². The molecule has 0 aliphatic rings. The average Bonchev–Trinajstić information content (AvgIpc) is 3.26. The summed E-state index contributed by atoms with van der Waals surface area (Å²) < 4.78 is 67.7. The Morgan fingerprint density at radius 1 is 0.969 bits per heavy atom. The van der Waals surface area contributed by atoms with Gasteiger partial charge in [0.05, 0.1) is 7.11 Å². The summed E-state index contributed by atoms with van der Waals surface area (Å²) in [6, 6.07) is 13.4. The van der Waals surface area contributed by atoms with Crippen molar-refractivity contribution in [3.8, 4) is 28.4 Å². The molecule has 5 nitrogen and oxygen atoms in total. The van der Waals surface area contributed by atoms with Crippen LogP contribution < -0.4 is 9.84 Å². The minimum absolute atomic E-state index is 0. The molecule has 0 saturated heterocycles. The molecule has 0 fully saturated rings. The van der Waals surface area contributed by atoms with Gasteiger partial charge < -0.3 is 19.9 Å². The predicted octanol–water partition coefficient (Wildman–Crippen LogP) is 4.95. The molecule has 0 amide bonds. The standard InChI is InChI=1S/C12H8F2NO.C9H5F3N3.Ir/c1-16-9-4-5-15-12(7-9)10-3-2-8(13)6-11(10)14;10-9(11,12)8-5-7(14-15-8)6-3-1-2-4-13-6;/h2,4-7H,1H3;1-5H;/q2*-1;. The van der Waals surface area contributed by atoms with Crippen LogP contribution in [0.5, 0.6) is 5.75 Å². The maximum atomic E-state index is 13.4. The van der Waals surface area contributed by atoms with E-state index >= 15 is 0 Å². The zero-order chi connectivity index (χ0) is 22.4. The SMILES string of the molecule is COc1ccnc(-c2[c-]cc(F)cc2F)c1.FC(F)(F)c1cc(-c2ccccn2)[n-]n1.[Ir]. The van der Waals surface area contributed by atoms with E-state index in [1.807, 2.05) is 0 Å². The van der Waals surface area contributed by atoms with Crippen LogP contribution in [0.3, 0.4) is 0 Å². The van der Waals surface area contributed by atoms with Crippen LogP contribution in [-0.2, 0) is 26.3 Å². The molecule has 1 radical (unpaired) electrons. The van der Waals surface area contributed by atoms with Crippen LogP contribution in [0.1, 0.15) is 5.69 Å². The Balaban J connectivity index is 0.000000220. The predicted molar refractivity (Wildman–Crippen MR) is 101 cm³/mol. The molecule has 11 heteroatoms. The van der Waals surface area contributed by atoms with Gasteiger partial charge in [-0.25, -0.2) is 0 Å². The summed E-state index contributed by atoms with van der Waals surface area (Å²) in [6.45, 7) is 0. The third kappa shape index (κ3) is 6.41. The fourth-order valence-corrected chi connectivity index (χ4v) is 2.39. The number of rotatable bonds is 3. The fraction of sp³-hybridized carbons (Fsp3) is 0.0952. The maximum Gasteiger partial charge on any atom is 0.431 e. The van der Waals surface area contributed by atoms with Crippen molar-refractivity contribution < 1.29 is 46.8 Å². The van der Waals surface area contributed by atoms with Gasteiger partial charge in [0.25, 0.3) is 0 Å². The second-order valence-electron chi connectivity index (χ2n) is 5.95. The summed E-state index contributed by atoms with van der Waals surface area (Å²) in [5.74, 6) is -0.799. The number of halogens is 5. The fourth-order valence-electron chi connectivity index (χ4n) is 2.39. The van der Waals surface area contributed by atoms with Gasteiger partial charge in [-0.05, 0) is 36.0 Å². The van der Waals surface area contributed by atoms with Gasteiger partial charge in [-0.3, -0.25) is 13.8 Å². The van der Waals surface area contributed by atoms with Gasteiger partial charge in [-0.15, -0.1) is 12.1 Å². The second-order valence-corrected chi connectivity index (χ2v) is 5.95. The first kappa shape index (κ1) is 25.1. The van der Waals surface area contributed by atoms with Crippen LogP contribution in [0.4, 0.5) is 22.0 Å². The summed E-state index contributed by atoms with van der Waals surface area (Å²) >= 11 is 0. The van der Waals surface area contributed by atoms with Crippen molar-refractivity contribution in [2.45, 2.75) is 6.18 Å². The molecule has 0 N–H and O–H groups in total. The molecule has 0 atom stereocenters. The molecule has 0 spiro atoms. The van der Waals surface area contributed by atoms with Crippen molar-refractivity contribution in [2.24, 2.45) is 0 Å². The van der Waals surface area contributed by atoms with E-state index in [4.69, 9.17) is 4.74 Å². The van der Waals surface area contributed by atoms with E-state index in [2.05, 4.69) is 26.2 Å². The third-order valence-electron chi connectivity index (χ3n) is 3.84. The minimum atomic E-state index is -4.46. The molecule has 4 aromatic rings. The van der Waals surface area contributed by atoms with Crippen molar-refractivity contribution in [1.82, 2.24) is 20.2 Å². The van der Waals surface area contributed by atoms with Crippen molar-refractivity contribution in [3.05, 3.63) is 84.3 Å². The van der Waals surface area contributed by atoms with Crippen LogP contribution in [-0.4, -0.2) is 22.2 Å². The molecule has 0 bridgehead atoms. The van der Waals surface area contributed by atoms with E-state index in [0.29, 0.717) is 17.1 Å². The van der Waals surface area contributed by atoms with E-state index in [0.717, 1.165) is 18.2 Å². The number of methoxy groups -OCH3 is 1. The van der Waals surface area contributed by atoms with Gasteiger partial charge in [0.2, 0.25) is 0 Å². The molecule has 0 aliphatic carbocycles. The Morgan fingerprint density at radius 2 is 1.72 bits per heavy atom. The first-order valence-corrected chi connectivity index (χ1v) is 8.64. The van der Waals surface area contributed by atoms with Crippen LogP contribution in [0, 0.1) is 17.7 Å². The van der Waals surface area contributed by atoms with E-state index < -0.39 is 23.5 Å². The topological polar surface area (TPSA) is 62.0 Å². The van der Waals surface area contributed by atoms with Gasteiger partial charge in [0.1, 0.15) is 11.4 Å². The Bertz CT molecular complexity index is 1150. The van der Waals surface area contributed by atoms with Gasteiger partial charge in [-0.2, -0.15) is 13.2 Å². The third-order valence-corrected chi connectivity index (χ3v) is 3.84. The largest absolute Gasteiger partial charge is 0.573 e. The number of nitrogens with zero attached hydrogens (tertiary/aromatic N) is 4. The Kier molecular flexibility index (Phi) is 8.56. The molecule has 0 unspecified atom stereocenters. The van der Waals surface area contributed by atoms with Crippen LogP contribution in [0.2, 0.25) is 0 Å². The first-order valence-electron chi connectivity index (χ1n) is 8.64. The number of hydrogen-bond donors (Lipinski definition) is 0. The van der Waals surface area contributed by atoms with E-state index in [1.54, 1.807) is 30.3 Å². The van der Waals surface area contributed by atoms with Gasteiger partial charge in [-0.1, -0.05) is 23.4 Å². The van der Waals surface area contributed by atoms with Gasteiger partial charge in [0, 0.05) is 49.8 Å². The summed E-state index contributed by atoms with van der Waals surface area (Å²) in [5.41, 5.74) is -0.0104. The Morgan fingerprint density at radius 3 is 2.31 bits per heavy atom. The number of benzene rings is 1. The van der Waals surface area contributed by atoms with Crippen molar-refractivity contribution in [3.63, 3.8) is 0 Å². The van der Waals surface area contributed by atoms with Crippen molar-refractivity contribution in [1.29, 1.82) is 0 Å². The van der Waals surface area contributed by atoms with Gasteiger partial charge in [0.15, 0.2) is 0 Å². The quantitative estimate of drug-likeness (QED) is 0.239. The normalized spacial score (nSPS) is 10.6. The maximum absolute atomic E-state index is 13.4. The summed E-state index contributed by atoms with van der Waals surface area (Å²) in [6.07, 6.45) is -1.48. The van der Waals surface area contributed by atoms with E-state index in [-0.39, 0.29) is 31.4 Å². The molecule has 169 valence electrons. The molecule has 32 heavy (non-hydrogen) atoms. The number of aromatic nitrogens is 4.